The fourth-order valence-corrected chi connectivity index (χ4v) is 1.40. The number of hydrogen-bond acceptors (Lipinski definition) is 5. The molecule has 0 bridgehead atoms. The number of carboxylic acid groups (broad SMARTS) is 1. The number of carbonyl (C=O) groups excluding carboxylic acids is 1. The normalized spacial score (nSPS) is 10.1. The second-order valence-corrected chi connectivity index (χ2v) is 3.60. The van der Waals surface area contributed by atoms with Crippen LogP contribution in [0.4, 0.5) is 14.9 Å². The third kappa shape index (κ3) is 3.04. The summed E-state index contributed by atoms with van der Waals surface area (Å²) >= 11 is 0. The van der Waals surface area contributed by atoms with E-state index >= 15 is 0 Å². The van der Waals surface area contributed by atoms with E-state index in [2.05, 4.69) is 31.3 Å². The van der Waals surface area contributed by atoms with Gasteiger partial charge in [-0.05, 0) is 12.1 Å². The van der Waals surface area contributed by atoms with Crippen molar-refractivity contribution in [2.75, 3.05) is 5.32 Å². The van der Waals surface area contributed by atoms with Crippen LogP contribution >= 0.6 is 0 Å². The molecule has 9 nitrogen and oxygen atoms in total. The van der Waals surface area contributed by atoms with Gasteiger partial charge in [-0.3, -0.25) is 0 Å². The molecule has 0 radical (unpaired) electrons. The van der Waals surface area contributed by atoms with Crippen molar-refractivity contribution in [1.82, 2.24) is 25.9 Å². The van der Waals surface area contributed by atoms with Gasteiger partial charge in [0.1, 0.15) is 5.82 Å². The number of aromatic amines is 1. The largest absolute Gasteiger partial charge is 0.478 e. The van der Waals surface area contributed by atoms with Crippen LogP contribution in [0.3, 0.4) is 0 Å². The predicted octanol–water partition coefficient (Wildman–Crippen LogP) is 0.359. The van der Waals surface area contributed by atoms with Gasteiger partial charge in [-0.25, -0.2) is 14.0 Å². The number of urea groups is 1. The Balaban J connectivity index is 2.06. The number of carboxylic acids is 1. The lowest BCUT2D eigenvalue weighted by Crippen LogP contribution is -2.29. The molecule has 0 aliphatic carbocycles. The summed E-state index contributed by atoms with van der Waals surface area (Å²) in [4.78, 5) is 22.5. The second-order valence-electron chi connectivity index (χ2n) is 3.60. The van der Waals surface area contributed by atoms with E-state index in [0.717, 1.165) is 6.07 Å². The molecule has 0 saturated carbocycles. The van der Waals surface area contributed by atoms with Crippen molar-refractivity contribution in [3.05, 3.63) is 35.4 Å². The maximum Gasteiger partial charge on any atom is 0.337 e. The van der Waals surface area contributed by atoms with Gasteiger partial charge in [0, 0.05) is 0 Å². The minimum atomic E-state index is -1.35. The van der Waals surface area contributed by atoms with Crippen molar-refractivity contribution in [1.29, 1.82) is 0 Å². The fraction of sp³-hybridized carbons (Fsp3) is 0.100. The summed E-state index contributed by atoms with van der Waals surface area (Å²) in [5, 5.41) is 26.1. The van der Waals surface area contributed by atoms with Gasteiger partial charge in [0.15, 0.2) is 5.82 Å². The number of rotatable bonds is 4. The van der Waals surface area contributed by atoms with Gasteiger partial charge in [0.2, 0.25) is 0 Å². The highest BCUT2D eigenvalue weighted by atomic mass is 19.1. The molecule has 1 heterocycles. The molecule has 0 spiro atoms. The minimum Gasteiger partial charge on any atom is -0.478 e. The molecule has 0 aliphatic heterocycles. The van der Waals surface area contributed by atoms with Gasteiger partial charge in [0.25, 0.3) is 0 Å². The second kappa shape index (κ2) is 5.73. The van der Waals surface area contributed by atoms with Crippen LogP contribution in [-0.2, 0) is 6.54 Å². The van der Waals surface area contributed by atoms with E-state index in [4.69, 9.17) is 5.11 Å². The molecular weight excluding hydrogens is 271 g/mol. The lowest BCUT2D eigenvalue weighted by molar-refractivity contribution is 0.0697. The summed E-state index contributed by atoms with van der Waals surface area (Å²) in [5.41, 5.74) is -0.759. The molecule has 2 amide bonds. The predicted molar refractivity (Wildman–Crippen MR) is 63.4 cm³/mol. The summed E-state index contributed by atoms with van der Waals surface area (Å²) in [6.45, 7) is -0.0425. The number of hydrogen-bond donors (Lipinski definition) is 4. The number of nitrogens with one attached hydrogen (secondary N) is 3. The molecular formula is C10H9FN6O3. The third-order valence-electron chi connectivity index (χ3n) is 2.28. The van der Waals surface area contributed by atoms with Crippen molar-refractivity contribution < 1.29 is 19.1 Å². The Labute approximate surface area is 111 Å². The Morgan fingerprint density at radius 1 is 1.40 bits per heavy atom. The van der Waals surface area contributed by atoms with Crippen LogP contribution in [0.2, 0.25) is 0 Å². The SMILES string of the molecule is O=C(NCc1nn[nH]n1)Nc1c(F)cccc1C(=O)O. The third-order valence-corrected chi connectivity index (χ3v) is 2.28. The number of anilines is 1. The zero-order chi connectivity index (χ0) is 14.5. The van der Waals surface area contributed by atoms with Crippen LogP contribution in [0, 0.1) is 5.82 Å². The van der Waals surface area contributed by atoms with Gasteiger partial charge in [-0.15, -0.1) is 10.2 Å². The molecule has 20 heavy (non-hydrogen) atoms. The molecule has 0 aliphatic rings. The number of tetrazole rings is 1. The fourth-order valence-electron chi connectivity index (χ4n) is 1.40. The summed E-state index contributed by atoms with van der Waals surface area (Å²) < 4.78 is 13.5. The minimum absolute atomic E-state index is 0.0425. The maximum absolute atomic E-state index is 13.5. The first-order chi connectivity index (χ1) is 9.58. The summed E-state index contributed by atoms with van der Waals surface area (Å²) in [5.74, 6) is -1.97. The number of halogens is 1. The molecule has 4 N–H and O–H groups in total. The maximum atomic E-state index is 13.5. The first-order valence-corrected chi connectivity index (χ1v) is 5.37. The highest BCUT2D eigenvalue weighted by molar-refractivity contribution is 6.00. The average molecular weight is 280 g/mol. The molecule has 1 aromatic heterocycles. The van der Waals surface area contributed by atoms with Crippen molar-refractivity contribution in [3.63, 3.8) is 0 Å². The smallest absolute Gasteiger partial charge is 0.337 e. The average Bonchev–Trinajstić information content (AvgIpc) is 2.91. The van der Waals surface area contributed by atoms with E-state index in [9.17, 15) is 14.0 Å². The van der Waals surface area contributed by atoms with Gasteiger partial charge < -0.3 is 15.7 Å². The van der Waals surface area contributed by atoms with E-state index in [1.165, 1.54) is 12.1 Å². The van der Waals surface area contributed by atoms with Crippen molar-refractivity contribution in [2.45, 2.75) is 6.54 Å². The number of para-hydroxylation sites is 1. The standard InChI is InChI=1S/C10H9FN6O3/c11-6-3-1-2-5(9(18)19)8(6)13-10(20)12-4-7-14-16-17-15-7/h1-3H,4H2,(H,18,19)(H2,12,13,20)(H,14,15,16,17). The Kier molecular flexibility index (Phi) is 3.84. The molecule has 0 saturated heterocycles. The van der Waals surface area contributed by atoms with Gasteiger partial charge in [-0.2, -0.15) is 5.21 Å². The number of aromatic carboxylic acids is 1. The Morgan fingerprint density at radius 2 is 2.20 bits per heavy atom. The zero-order valence-corrected chi connectivity index (χ0v) is 9.92. The number of benzene rings is 1. The van der Waals surface area contributed by atoms with Gasteiger partial charge in [0.05, 0.1) is 17.8 Å². The highest BCUT2D eigenvalue weighted by Gasteiger charge is 2.16. The number of carbonyl (C=O) groups is 2. The lowest BCUT2D eigenvalue weighted by Gasteiger charge is -2.09. The zero-order valence-electron chi connectivity index (χ0n) is 9.92. The van der Waals surface area contributed by atoms with E-state index in [1.54, 1.807) is 0 Å². The molecule has 1 aromatic carbocycles. The molecule has 10 heteroatoms. The van der Waals surface area contributed by atoms with E-state index < -0.39 is 23.5 Å². The summed E-state index contributed by atoms with van der Waals surface area (Å²) in [6.07, 6.45) is 0. The Hall–Kier alpha value is -3.04. The first-order valence-electron chi connectivity index (χ1n) is 5.37. The number of amides is 2. The molecule has 2 aromatic rings. The van der Waals surface area contributed by atoms with Crippen molar-refractivity contribution >= 4 is 17.7 Å². The molecule has 0 unspecified atom stereocenters. The number of H-pyrrole nitrogens is 1. The summed E-state index contributed by atoms with van der Waals surface area (Å²) in [7, 11) is 0. The van der Waals surface area contributed by atoms with Crippen LogP contribution in [-0.4, -0.2) is 37.7 Å². The number of nitrogens with zero attached hydrogens (tertiary/aromatic N) is 3. The molecule has 0 fully saturated rings. The molecule has 0 atom stereocenters. The monoisotopic (exact) mass is 280 g/mol. The Bertz CT molecular complexity index is 630. The van der Waals surface area contributed by atoms with Crippen LogP contribution in [0.15, 0.2) is 18.2 Å². The van der Waals surface area contributed by atoms with Crippen molar-refractivity contribution in [2.24, 2.45) is 0 Å². The molecule has 2 rings (SSSR count). The van der Waals surface area contributed by atoms with Crippen molar-refractivity contribution in [3.8, 4) is 0 Å². The van der Waals surface area contributed by atoms with Crippen LogP contribution in [0.5, 0.6) is 0 Å². The molecule has 104 valence electrons. The van der Waals surface area contributed by atoms with Crippen LogP contribution in [0.1, 0.15) is 16.2 Å². The lowest BCUT2D eigenvalue weighted by atomic mass is 10.1. The highest BCUT2D eigenvalue weighted by Crippen LogP contribution is 2.19. The summed E-state index contributed by atoms with van der Waals surface area (Å²) in [6, 6.07) is 2.67. The van der Waals surface area contributed by atoms with E-state index in [-0.39, 0.29) is 17.9 Å². The topological polar surface area (TPSA) is 133 Å². The van der Waals surface area contributed by atoms with Crippen LogP contribution < -0.4 is 10.6 Å². The van der Waals surface area contributed by atoms with Gasteiger partial charge >= 0.3 is 12.0 Å². The van der Waals surface area contributed by atoms with E-state index in [0.29, 0.717) is 0 Å². The quantitative estimate of drug-likeness (QED) is 0.639. The number of aromatic nitrogens is 4. The van der Waals surface area contributed by atoms with Gasteiger partial charge in [-0.1, -0.05) is 11.3 Å². The van der Waals surface area contributed by atoms with E-state index in [1.807, 2.05) is 0 Å². The first kappa shape index (κ1) is 13.4. The van der Waals surface area contributed by atoms with Crippen LogP contribution in [0.25, 0.3) is 0 Å². The Morgan fingerprint density at radius 3 is 2.85 bits per heavy atom.